The minimum atomic E-state index is -0.314. The van der Waals surface area contributed by atoms with E-state index in [2.05, 4.69) is 24.1 Å². The summed E-state index contributed by atoms with van der Waals surface area (Å²) in [5.74, 6) is 0.869. The Balaban J connectivity index is 2.11. The number of aromatic nitrogens is 1. The number of amides is 1. The Morgan fingerprint density at radius 1 is 1.19 bits per heavy atom. The van der Waals surface area contributed by atoms with Crippen molar-refractivity contribution in [3.8, 4) is 11.5 Å². The number of rotatable bonds is 9. The molecule has 2 aromatic rings. The third-order valence-corrected chi connectivity index (χ3v) is 5.17. The fraction of sp³-hybridized carbons (Fsp3) is 0.421. The Morgan fingerprint density at radius 3 is 2.44 bits per heavy atom. The van der Waals surface area contributed by atoms with E-state index in [9.17, 15) is 4.79 Å². The summed E-state index contributed by atoms with van der Waals surface area (Å²) in [6.07, 6.45) is 0. The summed E-state index contributed by atoms with van der Waals surface area (Å²) < 4.78 is 12.8. The normalized spacial score (nSPS) is 10.9. The van der Waals surface area contributed by atoms with Gasteiger partial charge in [0.2, 0.25) is 0 Å². The zero-order valence-corrected chi connectivity index (χ0v) is 17.5. The highest BCUT2D eigenvalue weighted by Crippen LogP contribution is 2.31. The predicted molar refractivity (Wildman–Crippen MR) is 110 cm³/mol. The van der Waals surface area contributed by atoms with Gasteiger partial charge in [-0.2, -0.15) is 0 Å². The first-order valence-corrected chi connectivity index (χ1v) is 9.52. The minimum absolute atomic E-state index is 0.314. The molecule has 0 bridgehead atoms. The maximum Gasteiger partial charge on any atom is 0.272 e. The average Bonchev–Trinajstić information content (AvgIpc) is 2.93. The van der Waals surface area contributed by atoms with Crippen LogP contribution in [0.4, 0.5) is 5.69 Å². The maximum atomic E-state index is 12.5. The number of carbonyl (C=O) groups excluding carboxylic acids is 1. The van der Waals surface area contributed by atoms with Crippen LogP contribution in [0.2, 0.25) is 10.2 Å². The summed E-state index contributed by atoms with van der Waals surface area (Å²) in [4.78, 5) is 14.8. The molecule has 8 heteroatoms. The molecule has 0 saturated heterocycles. The molecular weight excluding hydrogens is 389 g/mol. The summed E-state index contributed by atoms with van der Waals surface area (Å²) in [5.41, 5.74) is 0.955. The van der Waals surface area contributed by atoms with E-state index in [0.717, 1.165) is 19.6 Å². The van der Waals surface area contributed by atoms with Crippen LogP contribution in [0.3, 0.4) is 0 Å². The van der Waals surface area contributed by atoms with Gasteiger partial charge in [0.05, 0.1) is 12.1 Å². The van der Waals surface area contributed by atoms with Gasteiger partial charge in [0, 0.05) is 25.3 Å². The monoisotopic (exact) mass is 413 g/mol. The molecule has 1 aromatic carbocycles. The van der Waals surface area contributed by atoms with Crippen LogP contribution in [-0.2, 0) is 7.05 Å². The number of nitrogens with zero attached hydrogens (tertiary/aromatic N) is 2. The largest absolute Gasteiger partial charge is 0.493 e. The molecule has 1 aromatic heterocycles. The lowest BCUT2D eigenvalue weighted by molar-refractivity contribution is 0.101. The Labute approximate surface area is 169 Å². The van der Waals surface area contributed by atoms with E-state index in [-0.39, 0.29) is 5.91 Å². The molecule has 1 amide bonds. The molecule has 0 aliphatic heterocycles. The lowest BCUT2D eigenvalue weighted by Gasteiger charge is -2.19. The number of likely N-dealkylation sites (N-methyl/N-ethyl adjacent to an activating group) is 1. The van der Waals surface area contributed by atoms with Gasteiger partial charge in [-0.3, -0.25) is 4.79 Å². The third-order valence-electron chi connectivity index (χ3n) is 4.33. The van der Waals surface area contributed by atoms with E-state index in [1.807, 2.05) is 0 Å². The van der Waals surface area contributed by atoms with Gasteiger partial charge in [-0.1, -0.05) is 37.0 Å². The zero-order valence-electron chi connectivity index (χ0n) is 16.0. The number of ether oxygens (including phenoxy) is 2. The van der Waals surface area contributed by atoms with Crippen LogP contribution in [0.5, 0.6) is 11.5 Å². The van der Waals surface area contributed by atoms with E-state index in [1.165, 1.54) is 10.6 Å². The van der Waals surface area contributed by atoms with Crippen LogP contribution < -0.4 is 14.8 Å². The van der Waals surface area contributed by atoms with E-state index in [4.69, 9.17) is 32.7 Å². The topological polar surface area (TPSA) is 55.7 Å². The number of anilines is 1. The number of halogens is 2. The lowest BCUT2D eigenvalue weighted by atomic mass is 10.2. The highest BCUT2D eigenvalue weighted by atomic mass is 35.5. The molecule has 1 heterocycles. The van der Waals surface area contributed by atoms with Crippen molar-refractivity contribution in [3.63, 3.8) is 0 Å². The van der Waals surface area contributed by atoms with Crippen LogP contribution in [0.25, 0.3) is 0 Å². The Morgan fingerprint density at radius 2 is 1.89 bits per heavy atom. The molecule has 0 unspecified atom stereocenters. The predicted octanol–water partition coefficient (Wildman–Crippen LogP) is 4.31. The van der Waals surface area contributed by atoms with Gasteiger partial charge in [-0.15, -0.1) is 0 Å². The van der Waals surface area contributed by atoms with Crippen LogP contribution in [0, 0.1) is 0 Å². The van der Waals surface area contributed by atoms with E-state index < -0.39 is 0 Å². The molecule has 0 aliphatic carbocycles. The summed E-state index contributed by atoms with van der Waals surface area (Å²) in [7, 11) is 3.26. The standard InChI is InChI=1S/C19H25Cl2N3O3/c1-5-24(6-2)9-10-27-17-11-13(7-8-16(17)26-4)22-19(25)15-12-14(20)18(21)23(15)3/h7-8,11-12H,5-6,9-10H2,1-4H3,(H,22,25). The molecule has 0 spiro atoms. The van der Waals surface area contributed by atoms with E-state index in [0.29, 0.717) is 39.7 Å². The van der Waals surface area contributed by atoms with Crippen molar-refractivity contribution in [1.82, 2.24) is 9.47 Å². The first kappa shape index (κ1) is 21.4. The number of hydrogen-bond donors (Lipinski definition) is 1. The SMILES string of the molecule is CCN(CC)CCOc1cc(NC(=O)c2cc(Cl)c(Cl)n2C)ccc1OC. The second-order valence-corrected chi connectivity index (χ2v) is 6.69. The van der Waals surface area contributed by atoms with Crippen LogP contribution in [0.15, 0.2) is 24.3 Å². The van der Waals surface area contributed by atoms with E-state index in [1.54, 1.807) is 32.4 Å². The first-order valence-electron chi connectivity index (χ1n) is 8.76. The molecule has 0 aliphatic rings. The molecule has 27 heavy (non-hydrogen) atoms. The fourth-order valence-electron chi connectivity index (χ4n) is 2.65. The number of benzene rings is 1. The highest BCUT2D eigenvalue weighted by Gasteiger charge is 2.17. The van der Waals surface area contributed by atoms with Crippen molar-refractivity contribution < 1.29 is 14.3 Å². The summed E-state index contributed by atoms with van der Waals surface area (Å²) in [6.45, 7) is 7.50. The van der Waals surface area contributed by atoms with Gasteiger partial charge in [0.1, 0.15) is 17.5 Å². The molecule has 0 fully saturated rings. The van der Waals surface area contributed by atoms with Gasteiger partial charge in [-0.05, 0) is 31.3 Å². The summed E-state index contributed by atoms with van der Waals surface area (Å²) in [5, 5.41) is 3.48. The Kier molecular flexibility index (Phi) is 7.83. The molecule has 1 N–H and O–H groups in total. The molecule has 6 nitrogen and oxygen atoms in total. The van der Waals surface area contributed by atoms with E-state index >= 15 is 0 Å². The van der Waals surface area contributed by atoms with Crippen molar-refractivity contribution in [2.45, 2.75) is 13.8 Å². The quantitative estimate of drug-likeness (QED) is 0.664. The van der Waals surface area contributed by atoms with Gasteiger partial charge in [-0.25, -0.2) is 0 Å². The Hall–Kier alpha value is -1.89. The maximum absolute atomic E-state index is 12.5. The second-order valence-electron chi connectivity index (χ2n) is 5.92. The first-order chi connectivity index (χ1) is 12.9. The van der Waals surface area contributed by atoms with Gasteiger partial charge in [0.15, 0.2) is 11.5 Å². The van der Waals surface area contributed by atoms with Crippen molar-refractivity contribution in [2.75, 3.05) is 38.7 Å². The second kappa shape index (κ2) is 9.88. The van der Waals surface area contributed by atoms with Gasteiger partial charge in [0.25, 0.3) is 5.91 Å². The number of methoxy groups -OCH3 is 1. The molecule has 0 atom stereocenters. The van der Waals surface area contributed by atoms with Crippen molar-refractivity contribution in [3.05, 3.63) is 40.1 Å². The van der Waals surface area contributed by atoms with Gasteiger partial charge < -0.3 is 24.3 Å². The lowest BCUT2D eigenvalue weighted by Crippen LogP contribution is -2.28. The molecular formula is C19H25Cl2N3O3. The summed E-state index contributed by atoms with van der Waals surface area (Å²) >= 11 is 12.0. The Bertz CT molecular complexity index is 789. The van der Waals surface area contributed by atoms with Crippen molar-refractivity contribution in [1.29, 1.82) is 0 Å². The average molecular weight is 414 g/mol. The molecule has 0 saturated carbocycles. The van der Waals surface area contributed by atoms with Crippen LogP contribution in [0.1, 0.15) is 24.3 Å². The zero-order chi connectivity index (χ0) is 20.0. The number of hydrogen-bond acceptors (Lipinski definition) is 4. The number of nitrogens with one attached hydrogen (secondary N) is 1. The highest BCUT2D eigenvalue weighted by molar-refractivity contribution is 6.42. The molecule has 2 rings (SSSR count). The van der Waals surface area contributed by atoms with Crippen LogP contribution in [-0.4, -0.2) is 48.7 Å². The fourth-order valence-corrected chi connectivity index (χ4v) is 3.02. The van der Waals surface area contributed by atoms with Crippen LogP contribution >= 0.6 is 23.2 Å². The molecule has 148 valence electrons. The number of carbonyl (C=O) groups is 1. The van der Waals surface area contributed by atoms with Gasteiger partial charge >= 0.3 is 0 Å². The summed E-state index contributed by atoms with van der Waals surface area (Å²) in [6, 6.07) is 6.78. The smallest absolute Gasteiger partial charge is 0.272 e. The third kappa shape index (κ3) is 5.31. The minimum Gasteiger partial charge on any atom is -0.493 e. The van der Waals surface area contributed by atoms with Crippen molar-refractivity contribution >= 4 is 34.8 Å². The molecule has 0 radical (unpaired) electrons. The van der Waals surface area contributed by atoms with Crippen molar-refractivity contribution in [2.24, 2.45) is 7.05 Å².